The number of anilines is 1. The van der Waals surface area contributed by atoms with Crippen LogP contribution in [0.1, 0.15) is 43.6 Å². The molecule has 0 atom stereocenters. The number of thiophene rings is 1. The van der Waals surface area contributed by atoms with Gasteiger partial charge < -0.3 is 19.4 Å². The van der Waals surface area contributed by atoms with Crippen molar-refractivity contribution in [2.75, 3.05) is 38.2 Å². The van der Waals surface area contributed by atoms with Crippen molar-refractivity contribution in [1.82, 2.24) is 9.80 Å². The molecule has 0 unspecified atom stereocenters. The third-order valence-corrected chi connectivity index (χ3v) is 7.31. The zero-order valence-corrected chi connectivity index (χ0v) is 17.9. The molecule has 0 spiro atoms. The molecule has 1 aromatic carbocycles. The molecule has 0 saturated carbocycles. The van der Waals surface area contributed by atoms with E-state index in [0.29, 0.717) is 49.5 Å². The molecule has 0 fully saturated rings. The van der Waals surface area contributed by atoms with Crippen molar-refractivity contribution >= 4 is 34.1 Å². The van der Waals surface area contributed by atoms with Crippen LogP contribution in [0.25, 0.3) is 0 Å². The van der Waals surface area contributed by atoms with Crippen LogP contribution >= 0.6 is 11.3 Å². The molecule has 0 saturated heterocycles. The molecule has 0 N–H and O–H groups in total. The Morgan fingerprint density at radius 1 is 1.20 bits per heavy atom. The topological polar surface area (TPSA) is 70.2 Å². The third kappa shape index (κ3) is 2.81. The van der Waals surface area contributed by atoms with Gasteiger partial charge in [0.1, 0.15) is 17.3 Å². The number of rotatable bonds is 2. The van der Waals surface area contributed by atoms with Gasteiger partial charge in [0.15, 0.2) is 0 Å². The average Bonchev–Trinajstić information content (AvgIpc) is 3.35. The van der Waals surface area contributed by atoms with Gasteiger partial charge in [-0.2, -0.15) is 0 Å². The minimum Gasteiger partial charge on any atom is -0.492 e. The van der Waals surface area contributed by atoms with Crippen LogP contribution in [0.15, 0.2) is 18.2 Å². The van der Waals surface area contributed by atoms with Crippen molar-refractivity contribution in [2.45, 2.75) is 26.3 Å². The van der Waals surface area contributed by atoms with E-state index in [1.165, 1.54) is 16.2 Å². The Hall–Kier alpha value is -2.87. The van der Waals surface area contributed by atoms with Gasteiger partial charge in [0, 0.05) is 31.4 Å². The number of amides is 3. The molecule has 0 bridgehead atoms. The van der Waals surface area contributed by atoms with E-state index in [4.69, 9.17) is 4.74 Å². The number of carbonyl (C=O) groups excluding carboxylic acids is 3. The first kappa shape index (κ1) is 19.1. The van der Waals surface area contributed by atoms with E-state index in [1.54, 1.807) is 11.9 Å². The summed E-state index contributed by atoms with van der Waals surface area (Å²) in [5, 5.41) is 0.722. The minimum atomic E-state index is -0.110. The number of ether oxygens (including phenoxy) is 1. The molecule has 1 aromatic heterocycles. The minimum absolute atomic E-state index is 0.0464. The maximum atomic E-state index is 13.3. The first-order valence-electron chi connectivity index (χ1n) is 10.2. The van der Waals surface area contributed by atoms with Crippen molar-refractivity contribution in [3.05, 3.63) is 45.3 Å². The Bertz CT molecular complexity index is 1080. The van der Waals surface area contributed by atoms with Gasteiger partial charge in [-0.25, -0.2) is 0 Å². The second-order valence-electron chi connectivity index (χ2n) is 7.85. The number of para-hydroxylation sites is 1. The predicted molar refractivity (Wildman–Crippen MR) is 113 cm³/mol. The van der Waals surface area contributed by atoms with E-state index >= 15 is 0 Å². The maximum Gasteiger partial charge on any atom is 0.257 e. The highest BCUT2D eigenvalue weighted by Crippen LogP contribution is 2.42. The van der Waals surface area contributed by atoms with Crippen LogP contribution in [-0.4, -0.2) is 60.8 Å². The van der Waals surface area contributed by atoms with E-state index in [2.05, 4.69) is 0 Å². The normalized spacial score (nSPS) is 18.0. The number of hydrogen-bond donors (Lipinski definition) is 0. The number of carbonyl (C=O) groups is 3. The van der Waals surface area contributed by atoms with E-state index in [9.17, 15) is 14.4 Å². The van der Waals surface area contributed by atoms with Gasteiger partial charge >= 0.3 is 0 Å². The molecule has 0 aliphatic carbocycles. The fourth-order valence-corrected chi connectivity index (χ4v) is 5.95. The molecule has 7 nitrogen and oxygen atoms in total. The molecule has 30 heavy (non-hydrogen) atoms. The van der Waals surface area contributed by atoms with Crippen LogP contribution in [0.4, 0.5) is 5.00 Å². The van der Waals surface area contributed by atoms with Gasteiger partial charge in [-0.15, -0.1) is 11.3 Å². The summed E-state index contributed by atoms with van der Waals surface area (Å²) in [7, 11) is 1.67. The van der Waals surface area contributed by atoms with Crippen molar-refractivity contribution in [2.24, 2.45) is 0 Å². The van der Waals surface area contributed by atoms with Crippen LogP contribution in [-0.2, 0) is 24.2 Å². The highest BCUT2D eigenvalue weighted by atomic mass is 32.1. The maximum absolute atomic E-state index is 13.3. The van der Waals surface area contributed by atoms with Crippen molar-refractivity contribution < 1.29 is 19.1 Å². The summed E-state index contributed by atoms with van der Waals surface area (Å²) >= 11 is 1.47. The van der Waals surface area contributed by atoms with Crippen LogP contribution in [0.5, 0.6) is 5.75 Å². The summed E-state index contributed by atoms with van der Waals surface area (Å²) in [5.74, 6) is 0.473. The van der Waals surface area contributed by atoms with E-state index in [1.807, 2.05) is 30.0 Å². The first-order chi connectivity index (χ1) is 14.5. The van der Waals surface area contributed by atoms with E-state index in [0.717, 1.165) is 27.4 Å². The molecule has 4 heterocycles. The standard InChI is InChI=1S/C22H23N3O4S/c1-3-25-17(26)12-23(2)21(28)18-14-7-9-24(11-16(14)30-22(18)25)20(27)15-6-4-5-13-8-10-29-19(13)15/h4-6H,3,7-12H2,1-2H3. The van der Waals surface area contributed by atoms with Crippen LogP contribution in [0.2, 0.25) is 0 Å². The molecular weight excluding hydrogens is 402 g/mol. The van der Waals surface area contributed by atoms with Crippen molar-refractivity contribution in [3.63, 3.8) is 0 Å². The molecule has 3 aliphatic rings. The highest BCUT2D eigenvalue weighted by molar-refractivity contribution is 7.17. The van der Waals surface area contributed by atoms with Gasteiger partial charge in [-0.1, -0.05) is 12.1 Å². The summed E-state index contributed by atoms with van der Waals surface area (Å²) < 4.78 is 5.72. The van der Waals surface area contributed by atoms with Crippen LogP contribution < -0.4 is 9.64 Å². The Kier molecular flexibility index (Phi) is 4.54. The summed E-state index contributed by atoms with van der Waals surface area (Å²) in [6.07, 6.45) is 1.43. The molecule has 2 aromatic rings. The van der Waals surface area contributed by atoms with Crippen molar-refractivity contribution in [1.29, 1.82) is 0 Å². The Balaban J connectivity index is 1.50. The zero-order chi connectivity index (χ0) is 21.0. The van der Waals surface area contributed by atoms with Crippen LogP contribution in [0, 0.1) is 0 Å². The largest absolute Gasteiger partial charge is 0.492 e. The molecule has 0 radical (unpaired) electrons. The molecule has 3 amide bonds. The lowest BCUT2D eigenvalue weighted by Crippen LogP contribution is -2.38. The predicted octanol–water partition coefficient (Wildman–Crippen LogP) is 2.32. The Morgan fingerprint density at radius 3 is 2.83 bits per heavy atom. The Labute approximate surface area is 178 Å². The smallest absolute Gasteiger partial charge is 0.257 e. The summed E-state index contributed by atoms with van der Waals surface area (Å²) in [5.41, 5.74) is 3.31. The highest BCUT2D eigenvalue weighted by Gasteiger charge is 2.37. The summed E-state index contributed by atoms with van der Waals surface area (Å²) in [4.78, 5) is 44.9. The lowest BCUT2D eigenvalue weighted by molar-refractivity contribution is -0.118. The van der Waals surface area contributed by atoms with Gasteiger partial charge in [0.25, 0.3) is 11.8 Å². The lowest BCUT2D eigenvalue weighted by Gasteiger charge is -2.28. The van der Waals surface area contributed by atoms with Gasteiger partial charge in [-0.05, 0) is 30.5 Å². The quantitative estimate of drug-likeness (QED) is 0.741. The molecule has 3 aliphatic heterocycles. The number of likely N-dealkylation sites (N-methyl/N-ethyl adjacent to an activating group) is 2. The third-order valence-electron chi connectivity index (χ3n) is 6.07. The number of benzene rings is 1. The average molecular weight is 426 g/mol. The number of fused-ring (bicyclic) bond motifs is 4. The molecule has 8 heteroatoms. The summed E-state index contributed by atoms with van der Waals surface area (Å²) in [6, 6.07) is 5.73. The first-order valence-corrected chi connectivity index (χ1v) is 11.1. The lowest BCUT2D eigenvalue weighted by atomic mass is 10.0. The number of hydrogen-bond acceptors (Lipinski definition) is 5. The number of nitrogens with zero attached hydrogens (tertiary/aromatic N) is 3. The fraction of sp³-hybridized carbons (Fsp3) is 0.409. The zero-order valence-electron chi connectivity index (χ0n) is 17.1. The second-order valence-corrected chi connectivity index (χ2v) is 8.94. The van der Waals surface area contributed by atoms with E-state index < -0.39 is 0 Å². The Morgan fingerprint density at radius 2 is 2.03 bits per heavy atom. The molecular formula is C22H23N3O4S. The molecule has 156 valence electrons. The fourth-order valence-electron chi connectivity index (χ4n) is 4.51. The monoisotopic (exact) mass is 425 g/mol. The second kappa shape index (κ2) is 7.12. The van der Waals surface area contributed by atoms with Gasteiger partial charge in [0.2, 0.25) is 5.91 Å². The van der Waals surface area contributed by atoms with Crippen LogP contribution in [0.3, 0.4) is 0 Å². The van der Waals surface area contributed by atoms with Crippen molar-refractivity contribution in [3.8, 4) is 5.75 Å². The SMILES string of the molecule is CCN1C(=O)CN(C)C(=O)c2c1sc1c2CCN(C(=O)c2cccc3c2OCC3)C1. The van der Waals surface area contributed by atoms with Gasteiger partial charge in [-0.3, -0.25) is 14.4 Å². The summed E-state index contributed by atoms with van der Waals surface area (Å²) in [6.45, 7) is 4.11. The molecule has 5 rings (SSSR count). The van der Waals surface area contributed by atoms with E-state index in [-0.39, 0.29) is 24.3 Å². The van der Waals surface area contributed by atoms with Gasteiger partial charge in [0.05, 0.1) is 24.3 Å².